The van der Waals surface area contributed by atoms with E-state index in [9.17, 15) is 8.42 Å². The lowest BCUT2D eigenvalue weighted by Crippen LogP contribution is -2.14. The normalized spacial score (nSPS) is 19.2. The summed E-state index contributed by atoms with van der Waals surface area (Å²) in [7, 11) is -3.77. The molecule has 0 atom stereocenters. The van der Waals surface area contributed by atoms with Crippen molar-refractivity contribution in [3.05, 3.63) is 53.7 Å². The lowest BCUT2D eigenvalue weighted by atomic mass is 9.81. The Labute approximate surface area is 165 Å². The van der Waals surface area contributed by atoms with E-state index in [1.54, 1.807) is 18.0 Å². The molecule has 1 aromatic heterocycles. The maximum atomic E-state index is 11.5. The van der Waals surface area contributed by atoms with E-state index in [4.69, 9.17) is 5.14 Å². The van der Waals surface area contributed by atoms with Crippen LogP contribution >= 0.6 is 11.8 Å². The van der Waals surface area contributed by atoms with Crippen LogP contribution in [-0.4, -0.2) is 19.7 Å². The number of allylic oxidation sites excluding steroid dienone is 2. The first-order valence-corrected chi connectivity index (χ1v) is 12.0. The fourth-order valence-electron chi connectivity index (χ4n) is 4.58. The molecule has 0 bridgehead atoms. The van der Waals surface area contributed by atoms with Crippen molar-refractivity contribution in [1.29, 1.82) is 0 Å². The number of hydrogen-bond acceptors (Lipinski definition) is 4. The summed E-state index contributed by atoms with van der Waals surface area (Å²) < 4.78 is 23.0. The number of benzene rings is 1. The molecule has 2 aliphatic carbocycles. The molecule has 0 saturated heterocycles. The van der Waals surface area contributed by atoms with Crippen LogP contribution in [0.2, 0.25) is 0 Å². The second-order valence-electron chi connectivity index (χ2n) is 7.68. The first kappa shape index (κ1) is 18.7. The van der Waals surface area contributed by atoms with Gasteiger partial charge in [0.25, 0.3) is 10.0 Å². The van der Waals surface area contributed by atoms with E-state index in [2.05, 4.69) is 35.5 Å². The molecule has 1 saturated carbocycles. The zero-order valence-electron chi connectivity index (χ0n) is 15.4. The van der Waals surface area contributed by atoms with Gasteiger partial charge in [0.05, 0.1) is 0 Å². The highest BCUT2D eigenvalue weighted by Gasteiger charge is 2.41. The Hall–Kier alpha value is -1.63. The molecular weight excluding hydrogens is 376 g/mol. The molecule has 0 aliphatic heterocycles. The average molecular weight is 401 g/mol. The minimum absolute atomic E-state index is 0.0775. The minimum atomic E-state index is -3.77. The molecule has 4 rings (SSSR count). The second kappa shape index (κ2) is 7.08. The van der Waals surface area contributed by atoms with E-state index in [1.807, 2.05) is 6.07 Å². The Kier molecular flexibility index (Phi) is 4.91. The van der Waals surface area contributed by atoms with Gasteiger partial charge in [-0.1, -0.05) is 31.0 Å². The molecule has 6 heteroatoms. The third-order valence-corrected chi connectivity index (χ3v) is 7.51. The van der Waals surface area contributed by atoms with Crippen molar-refractivity contribution in [3.8, 4) is 0 Å². The summed E-state index contributed by atoms with van der Waals surface area (Å²) in [6.45, 7) is 0. The van der Waals surface area contributed by atoms with Gasteiger partial charge >= 0.3 is 0 Å². The molecule has 27 heavy (non-hydrogen) atoms. The molecule has 142 valence electrons. The quantitative estimate of drug-likeness (QED) is 0.754. The van der Waals surface area contributed by atoms with Gasteiger partial charge in [0, 0.05) is 11.1 Å². The Morgan fingerprint density at radius 3 is 2.07 bits per heavy atom. The van der Waals surface area contributed by atoms with Gasteiger partial charge in [-0.3, -0.25) is 0 Å². The van der Waals surface area contributed by atoms with Gasteiger partial charge in [0.15, 0.2) is 5.03 Å². The monoisotopic (exact) mass is 400 g/mol. The third-order valence-electron chi connectivity index (χ3n) is 5.95. The molecule has 2 N–H and O–H groups in total. The largest absolute Gasteiger partial charge is 0.255 e. The minimum Gasteiger partial charge on any atom is -0.243 e. The predicted molar refractivity (Wildman–Crippen MR) is 111 cm³/mol. The maximum Gasteiger partial charge on any atom is 0.255 e. The van der Waals surface area contributed by atoms with Gasteiger partial charge in [-0.15, -0.1) is 11.8 Å². The van der Waals surface area contributed by atoms with Crippen molar-refractivity contribution in [2.45, 2.75) is 48.4 Å². The molecular formula is C21H24N2O2S2. The molecule has 1 aromatic carbocycles. The first-order chi connectivity index (χ1) is 12.9. The van der Waals surface area contributed by atoms with Crippen molar-refractivity contribution >= 4 is 32.9 Å². The Balaban J connectivity index is 1.76. The number of hydrogen-bond donors (Lipinski definition) is 1. The SMILES string of the molecule is CSc1ccc(C2=C(c3ccc(S(N)(=O)=O)nc3)CC3(CCCC3)C2)cc1. The summed E-state index contributed by atoms with van der Waals surface area (Å²) in [5.41, 5.74) is 5.33. The van der Waals surface area contributed by atoms with Crippen molar-refractivity contribution in [3.63, 3.8) is 0 Å². The third kappa shape index (κ3) is 3.71. The van der Waals surface area contributed by atoms with Crippen LogP contribution in [0.5, 0.6) is 0 Å². The zero-order chi connectivity index (χ0) is 19.1. The number of aromatic nitrogens is 1. The van der Waals surface area contributed by atoms with Crippen LogP contribution in [0.25, 0.3) is 11.1 Å². The molecule has 4 nitrogen and oxygen atoms in total. The lowest BCUT2D eigenvalue weighted by molar-refractivity contribution is 0.330. The van der Waals surface area contributed by atoms with Crippen molar-refractivity contribution in [1.82, 2.24) is 4.98 Å². The fourth-order valence-corrected chi connectivity index (χ4v) is 5.44. The van der Waals surface area contributed by atoms with Gasteiger partial charge in [0.2, 0.25) is 0 Å². The molecule has 2 aromatic rings. The highest BCUT2D eigenvalue weighted by molar-refractivity contribution is 7.98. The second-order valence-corrected chi connectivity index (χ2v) is 10.1. The van der Waals surface area contributed by atoms with Crippen LogP contribution in [0.4, 0.5) is 0 Å². The van der Waals surface area contributed by atoms with Gasteiger partial charge in [-0.05, 0) is 77.8 Å². The van der Waals surface area contributed by atoms with Crippen molar-refractivity contribution in [2.24, 2.45) is 10.6 Å². The van der Waals surface area contributed by atoms with Gasteiger partial charge in [-0.2, -0.15) is 0 Å². The Morgan fingerprint density at radius 1 is 0.963 bits per heavy atom. The molecule has 0 radical (unpaired) electrons. The number of nitrogens with two attached hydrogens (primary N) is 1. The van der Waals surface area contributed by atoms with E-state index >= 15 is 0 Å². The van der Waals surface area contributed by atoms with E-state index in [-0.39, 0.29) is 5.03 Å². The Bertz CT molecular complexity index is 972. The van der Waals surface area contributed by atoms with Crippen molar-refractivity contribution in [2.75, 3.05) is 6.26 Å². The topological polar surface area (TPSA) is 73.1 Å². The highest BCUT2D eigenvalue weighted by atomic mass is 32.2. The van der Waals surface area contributed by atoms with Crippen LogP contribution in [-0.2, 0) is 10.0 Å². The highest BCUT2D eigenvalue weighted by Crippen LogP contribution is 2.57. The standard InChI is InChI=1S/C21H24N2O2S2/c1-26-17-7-4-15(5-8-17)18-12-21(10-2-3-11-21)13-19(18)16-6-9-20(23-14-16)27(22,24)25/h4-9,14H,2-3,10-13H2,1H3,(H2,22,24,25). The molecule has 1 spiro atoms. The zero-order valence-corrected chi connectivity index (χ0v) is 17.1. The predicted octanol–water partition coefficient (Wildman–Crippen LogP) is 4.72. The van der Waals surface area contributed by atoms with Gasteiger partial charge in [0.1, 0.15) is 0 Å². The number of pyridine rings is 1. The molecule has 1 fully saturated rings. The van der Waals surface area contributed by atoms with Crippen LogP contribution in [0.15, 0.2) is 52.5 Å². The number of primary sulfonamides is 1. The van der Waals surface area contributed by atoms with Crippen LogP contribution in [0, 0.1) is 5.41 Å². The van der Waals surface area contributed by atoms with Crippen LogP contribution in [0.3, 0.4) is 0 Å². The molecule has 0 amide bonds. The van der Waals surface area contributed by atoms with Gasteiger partial charge < -0.3 is 0 Å². The van der Waals surface area contributed by atoms with Crippen LogP contribution in [0.1, 0.15) is 49.7 Å². The van der Waals surface area contributed by atoms with E-state index < -0.39 is 10.0 Å². The van der Waals surface area contributed by atoms with Crippen LogP contribution < -0.4 is 5.14 Å². The maximum absolute atomic E-state index is 11.5. The fraction of sp³-hybridized carbons (Fsp3) is 0.381. The smallest absolute Gasteiger partial charge is 0.243 e. The number of thioether (sulfide) groups is 1. The Morgan fingerprint density at radius 2 is 1.56 bits per heavy atom. The lowest BCUT2D eigenvalue weighted by Gasteiger charge is -2.23. The molecule has 2 aliphatic rings. The van der Waals surface area contributed by atoms with E-state index in [1.165, 1.54) is 53.4 Å². The number of rotatable bonds is 4. The summed E-state index contributed by atoms with van der Waals surface area (Å²) >= 11 is 1.75. The molecule has 1 heterocycles. The van der Waals surface area contributed by atoms with E-state index in [0.29, 0.717) is 5.41 Å². The van der Waals surface area contributed by atoms with E-state index in [0.717, 1.165) is 18.4 Å². The average Bonchev–Trinajstić information content (AvgIpc) is 3.28. The van der Waals surface area contributed by atoms with Gasteiger partial charge in [-0.25, -0.2) is 18.5 Å². The molecule has 0 unspecified atom stereocenters. The first-order valence-electron chi connectivity index (χ1n) is 9.26. The number of sulfonamides is 1. The summed E-state index contributed by atoms with van der Waals surface area (Å²) in [5, 5.41) is 5.12. The summed E-state index contributed by atoms with van der Waals surface area (Å²) in [6.07, 6.45) is 11.0. The van der Waals surface area contributed by atoms with Crippen molar-refractivity contribution < 1.29 is 8.42 Å². The summed E-state index contributed by atoms with van der Waals surface area (Å²) in [4.78, 5) is 5.37. The number of nitrogens with zero attached hydrogens (tertiary/aromatic N) is 1. The summed E-state index contributed by atoms with van der Waals surface area (Å²) in [6, 6.07) is 12.1. The summed E-state index contributed by atoms with van der Waals surface area (Å²) in [5.74, 6) is 0.